The van der Waals surface area contributed by atoms with Gasteiger partial charge in [-0.3, -0.25) is 47.9 Å². The second kappa shape index (κ2) is 31.0. The Hall–Kier alpha value is -6.81. The Morgan fingerprint density at radius 2 is 1.13 bits per heavy atom. The Kier molecular flexibility index (Phi) is 26.3. The fraction of sp³-hybridized carbons (Fsp3) is 0.712. The predicted octanol–water partition coefficient (Wildman–Crippen LogP) is 2.96. The summed E-state index contributed by atoms with van der Waals surface area (Å²) in [4.78, 5) is 166. The van der Waals surface area contributed by atoms with Crippen LogP contribution in [0.5, 0.6) is 5.75 Å². The molecule has 1 aromatic carbocycles. The maximum Gasteiger partial charge on any atom is 0.329 e. The topological polar surface area (TPSA) is 282 Å². The van der Waals surface area contributed by atoms with Crippen LogP contribution < -0.4 is 20.7 Å². The number of likely N-dealkylation sites (N-methyl/N-ethyl adjacent to an activating group) is 5. The van der Waals surface area contributed by atoms with Crippen LogP contribution in [0.15, 0.2) is 24.3 Å². The molecule has 0 bridgehead atoms. The minimum atomic E-state index is -1.69. The highest BCUT2D eigenvalue weighted by Crippen LogP contribution is 2.27. The lowest BCUT2D eigenvalue weighted by Crippen LogP contribution is -2.63. The summed E-state index contributed by atoms with van der Waals surface area (Å²) in [6.07, 6.45) is -0.480. The number of esters is 1. The van der Waals surface area contributed by atoms with E-state index in [-0.39, 0.29) is 19.4 Å². The van der Waals surface area contributed by atoms with E-state index in [4.69, 9.17) is 9.47 Å². The lowest BCUT2D eigenvalue weighted by molar-refractivity contribution is -0.169. The number of carboxylic acid groups (broad SMARTS) is 1. The first-order valence-electron chi connectivity index (χ1n) is 28.9. The van der Waals surface area contributed by atoms with Crippen LogP contribution in [0.25, 0.3) is 0 Å². The number of rotatable bonds is 13. The summed E-state index contributed by atoms with van der Waals surface area (Å²) in [5.74, 6) is -12.0. The van der Waals surface area contributed by atoms with Crippen LogP contribution in [0.3, 0.4) is 0 Å². The first kappa shape index (κ1) is 69.5. The van der Waals surface area contributed by atoms with Gasteiger partial charge in [-0.15, -0.1) is 0 Å². The van der Waals surface area contributed by atoms with Crippen LogP contribution in [0.2, 0.25) is 0 Å². The van der Waals surface area contributed by atoms with Crippen molar-refractivity contribution in [2.75, 3.05) is 55.4 Å². The van der Waals surface area contributed by atoms with Gasteiger partial charge in [0.2, 0.25) is 47.3 Å². The molecule has 82 heavy (non-hydrogen) atoms. The van der Waals surface area contributed by atoms with Crippen molar-refractivity contribution in [2.24, 2.45) is 35.5 Å². The van der Waals surface area contributed by atoms with Gasteiger partial charge in [0.1, 0.15) is 54.1 Å². The van der Waals surface area contributed by atoms with Crippen LogP contribution in [0.4, 0.5) is 0 Å². The molecular weight excluding hydrogens is 1060 g/mol. The zero-order valence-electron chi connectivity index (χ0n) is 51.8. The molecule has 2 saturated heterocycles. The zero-order chi connectivity index (χ0) is 62.4. The van der Waals surface area contributed by atoms with Crippen molar-refractivity contribution in [3.05, 3.63) is 29.8 Å². The van der Waals surface area contributed by atoms with E-state index in [9.17, 15) is 57.8 Å². The number of amides is 9. The average molecular weight is 1150 g/mol. The van der Waals surface area contributed by atoms with Gasteiger partial charge in [0.25, 0.3) is 5.91 Å². The fourth-order valence-electron chi connectivity index (χ4n) is 11.0. The van der Waals surface area contributed by atoms with Gasteiger partial charge in [0.15, 0.2) is 6.10 Å². The maximum absolute atomic E-state index is 14.9. The molecule has 9 amide bonds. The van der Waals surface area contributed by atoms with Gasteiger partial charge in [-0.1, -0.05) is 108 Å². The van der Waals surface area contributed by atoms with Gasteiger partial charge in [-0.25, -0.2) is 4.79 Å². The molecule has 2 aliphatic heterocycles. The number of benzene rings is 1. The second-order valence-corrected chi connectivity index (χ2v) is 23.7. The van der Waals surface area contributed by atoms with E-state index in [2.05, 4.69) is 16.0 Å². The summed E-state index contributed by atoms with van der Waals surface area (Å²) in [7, 11) is 8.27. The molecule has 0 radical (unpaired) electrons. The third-order valence-corrected chi connectivity index (χ3v) is 16.3. The zero-order valence-corrected chi connectivity index (χ0v) is 51.8. The van der Waals surface area contributed by atoms with Crippen LogP contribution in [-0.4, -0.2) is 209 Å². The largest absolute Gasteiger partial charge is 0.497 e. The summed E-state index contributed by atoms with van der Waals surface area (Å²) < 4.78 is 11.4. The van der Waals surface area contributed by atoms with Crippen LogP contribution in [0.1, 0.15) is 127 Å². The highest BCUT2D eigenvalue weighted by molar-refractivity contribution is 5.99. The van der Waals surface area contributed by atoms with Gasteiger partial charge < -0.3 is 59.9 Å². The molecule has 23 heteroatoms. The van der Waals surface area contributed by atoms with E-state index in [0.29, 0.717) is 37.0 Å². The van der Waals surface area contributed by atoms with Gasteiger partial charge in [0, 0.05) is 48.2 Å². The van der Waals surface area contributed by atoms with Gasteiger partial charge in [-0.2, -0.15) is 0 Å². The van der Waals surface area contributed by atoms with Crippen LogP contribution in [0, 0.1) is 35.5 Å². The normalized spacial score (nSPS) is 26.4. The molecule has 0 spiro atoms. The monoisotopic (exact) mass is 1150 g/mol. The number of methoxy groups -OCH3 is 1. The summed E-state index contributed by atoms with van der Waals surface area (Å²) in [6, 6.07) is -3.78. The van der Waals surface area contributed by atoms with Gasteiger partial charge >= 0.3 is 11.9 Å². The van der Waals surface area contributed by atoms with Gasteiger partial charge in [-0.05, 0) is 72.5 Å². The van der Waals surface area contributed by atoms with Crippen molar-refractivity contribution >= 4 is 65.1 Å². The molecule has 460 valence electrons. The standard InChI is InChI=1S/C59H95N9O14/c1-19-36(11)48-51(72)60-31-43(69)64(14)46(33(5)6)52(73)61-40(29-38-24-26-39(81-18)27-25-38)59(80)82-50(35(9)10)58(79)68-28-22-21-23-41(68)54(75)65(15)47(34(7)8)53(74)62-45(32(3)4)56(77)63(13)42(30-44(70)71)55(76)67(17)49(37(12)20-2)57(78)66(48)16/h24-27,32-37,40-42,45-50H,19-23,28-31H2,1-18H3,(H,60,72)(H,61,73)(H,62,74)(H,70,71)/t36-,37-,40-,41-,42-,45-,46-,47-,48-,49-,50?/m0/s1. The summed E-state index contributed by atoms with van der Waals surface area (Å²) in [5.41, 5.74) is 0.584. The van der Waals surface area contributed by atoms with Gasteiger partial charge in [0.05, 0.1) is 20.1 Å². The van der Waals surface area contributed by atoms with Crippen molar-refractivity contribution in [3.8, 4) is 5.75 Å². The number of carbonyl (C=O) groups excluding carboxylic acids is 10. The number of hydrogen-bond acceptors (Lipinski definition) is 13. The smallest absolute Gasteiger partial charge is 0.329 e. The van der Waals surface area contributed by atoms with E-state index in [1.165, 1.54) is 57.0 Å². The molecule has 4 N–H and O–H groups in total. The number of nitrogens with one attached hydrogen (secondary N) is 3. The molecule has 2 aliphatic rings. The number of piperidine rings is 1. The molecule has 23 nitrogen and oxygen atoms in total. The number of carbonyl (C=O) groups is 11. The highest BCUT2D eigenvalue weighted by Gasteiger charge is 2.46. The van der Waals surface area contributed by atoms with Crippen LogP contribution >= 0.6 is 0 Å². The molecule has 0 aromatic heterocycles. The number of carboxylic acids is 1. The summed E-state index contributed by atoms with van der Waals surface area (Å²) in [5, 5.41) is 18.5. The molecule has 11 atom stereocenters. The molecule has 2 fully saturated rings. The van der Waals surface area contributed by atoms with E-state index in [0.717, 1.165) is 14.7 Å². The Morgan fingerprint density at radius 3 is 1.65 bits per heavy atom. The number of ether oxygens (including phenoxy) is 2. The Bertz CT molecular complexity index is 2430. The summed E-state index contributed by atoms with van der Waals surface area (Å²) >= 11 is 0. The predicted molar refractivity (Wildman–Crippen MR) is 306 cm³/mol. The third kappa shape index (κ3) is 17.1. The Labute approximate surface area is 485 Å². The lowest BCUT2D eigenvalue weighted by Gasteiger charge is -2.41. The Balaban J connectivity index is 2.32. The average Bonchev–Trinajstić information content (AvgIpc) is 3.46. The van der Waals surface area contributed by atoms with E-state index in [1.807, 2.05) is 6.92 Å². The molecule has 1 aromatic rings. The molecule has 0 aliphatic carbocycles. The SMILES string of the molecule is CC[C@H](C)[C@H]1C(=O)NCC(=O)N(C)[C@@H](C(C)C)C(=O)N[C@@H](Cc2ccc(OC)cc2)C(=O)OC(C(C)C)C(=O)N2CCCC[C@H]2C(=O)N(C)[C@@H](C(C)C)C(=O)N[C@@H](C(C)C)C(=O)N(C)[C@@H](CC(=O)O)C(=O)N(C)[C@@H]([C@@H](C)CC)C(=O)N1C. The number of nitrogens with zero attached hydrogens (tertiary/aromatic N) is 6. The first-order valence-corrected chi connectivity index (χ1v) is 28.9. The van der Waals surface area contributed by atoms with Crippen molar-refractivity contribution < 1.29 is 67.3 Å². The molecule has 3 rings (SSSR count). The molecule has 1 unspecified atom stereocenters. The van der Waals surface area contributed by atoms with Crippen molar-refractivity contribution in [1.29, 1.82) is 0 Å². The van der Waals surface area contributed by atoms with Crippen LogP contribution in [-0.2, 0) is 63.9 Å². The van der Waals surface area contributed by atoms with Crippen molar-refractivity contribution in [1.82, 2.24) is 45.3 Å². The number of fused-ring (bicyclic) bond motifs is 1. The number of aliphatic carboxylic acids is 1. The second-order valence-electron chi connectivity index (χ2n) is 23.7. The molecule has 0 saturated carbocycles. The van der Waals surface area contributed by atoms with Crippen molar-refractivity contribution in [2.45, 2.75) is 182 Å². The molecular formula is C59H95N9O14. The molecule has 2 heterocycles. The number of cyclic esters (lactones) is 1. The van der Waals surface area contributed by atoms with E-state index < -0.39 is 168 Å². The maximum atomic E-state index is 14.9. The fourth-order valence-corrected chi connectivity index (χ4v) is 11.0. The quantitative estimate of drug-likeness (QED) is 0.207. The highest BCUT2D eigenvalue weighted by atomic mass is 16.6. The minimum Gasteiger partial charge on any atom is -0.497 e. The number of hydrogen-bond donors (Lipinski definition) is 4. The summed E-state index contributed by atoms with van der Waals surface area (Å²) in [6.45, 7) is 20.0. The van der Waals surface area contributed by atoms with E-state index in [1.54, 1.807) is 100 Å². The third-order valence-electron chi connectivity index (χ3n) is 16.3. The lowest BCUT2D eigenvalue weighted by atomic mass is 9.92. The minimum absolute atomic E-state index is 0.105. The Morgan fingerprint density at radius 1 is 0.610 bits per heavy atom. The first-order chi connectivity index (χ1) is 38.3. The van der Waals surface area contributed by atoms with E-state index >= 15 is 0 Å². The van der Waals surface area contributed by atoms with Crippen molar-refractivity contribution in [3.63, 3.8) is 0 Å².